The molecule has 3 saturated heterocycles. The van der Waals surface area contributed by atoms with Crippen molar-refractivity contribution in [2.75, 3.05) is 19.8 Å². The molecule has 3 aliphatic rings. The SMILES string of the molecule is CC(C)(C)[Si](C)(C)OC[C@H]1O[C@@H](c2nn(C3CCCCO3)c3c(OC4CCCCO4)ncnc23)C[C@@H]1OC(=S)Oc1ccccc1. The summed E-state index contributed by atoms with van der Waals surface area (Å²) in [5.74, 6) is 1.05. The molecule has 0 N–H and O–H groups in total. The first-order valence-electron chi connectivity index (χ1n) is 16.4. The Balaban J connectivity index is 1.30. The van der Waals surface area contributed by atoms with Crippen LogP contribution in [0.25, 0.3) is 11.0 Å². The van der Waals surface area contributed by atoms with E-state index in [0.717, 1.165) is 38.5 Å². The quantitative estimate of drug-likeness (QED) is 0.173. The van der Waals surface area contributed by atoms with Crippen LogP contribution in [0.1, 0.15) is 83.7 Å². The highest BCUT2D eigenvalue weighted by molar-refractivity contribution is 7.79. The highest BCUT2D eigenvalue weighted by Gasteiger charge is 2.44. The van der Waals surface area contributed by atoms with E-state index in [1.165, 1.54) is 6.33 Å². The number of hydrogen-bond acceptors (Lipinski definition) is 11. The Bertz CT molecular complexity index is 1470. The third-order valence-electron chi connectivity index (χ3n) is 9.40. The Labute approximate surface area is 277 Å². The Kier molecular flexibility index (Phi) is 10.3. The molecule has 0 radical (unpaired) electrons. The van der Waals surface area contributed by atoms with E-state index in [-0.39, 0.29) is 22.8 Å². The standard InChI is InChI=1S/C33H46N4O7SSi/c1-33(2,3)46(4,5)40-20-25-23(43-32(45)41-22-13-7-6-8-14-22)19-24(42-25)28-29-30(37(36-28)26-15-9-11-17-38-26)31(35-21-34-29)44-27-16-10-12-18-39-27/h6-8,13-14,21,23-27H,9-12,15-20H2,1-5H3/t23-,24+,25+,26?,27?/m0/s1. The van der Waals surface area contributed by atoms with E-state index in [1.807, 2.05) is 35.0 Å². The molecule has 5 atom stereocenters. The monoisotopic (exact) mass is 670 g/mol. The summed E-state index contributed by atoms with van der Waals surface area (Å²) in [5.41, 5.74) is 2.02. The van der Waals surface area contributed by atoms with Gasteiger partial charge in [-0.2, -0.15) is 10.1 Å². The fourth-order valence-electron chi connectivity index (χ4n) is 5.73. The Morgan fingerprint density at radius 1 is 1.02 bits per heavy atom. The summed E-state index contributed by atoms with van der Waals surface area (Å²) < 4.78 is 45.8. The second-order valence-corrected chi connectivity index (χ2v) is 18.9. The van der Waals surface area contributed by atoms with Crippen LogP contribution in [-0.4, -0.2) is 71.6 Å². The highest BCUT2D eigenvalue weighted by atomic mass is 32.1. The van der Waals surface area contributed by atoms with E-state index >= 15 is 0 Å². The van der Waals surface area contributed by atoms with Gasteiger partial charge in [0.15, 0.2) is 20.1 Å². The molecule has 46 heavy (non-hydrogen) atoms. The van der Waals surface area contributed by atoms with Crippen LogP contribution in [0.3, 0.4) is 0 Å². The molecule has 6 rings (SSSR count). The molecule has 5 heterocycles. The molecule has 3 aliphatic heterocycles. The number of rotatable bonds is 9. The molecule has 0 amide bonds. The Morgan fingerprint density at radius 2 is 1.78 bits per heavy atom. The molecule has 250 valence electrons. The van der Waals surface area contributed by atoms with Crippen LogP contribution >= 0.6 is 12.2 Å². The number of aromatic nitrogens is 4. The lowest BCUT2D eigenvalue weighted by Crippen LogP contribution is -2.44. The Morgan fingerprint density at radius 3 is 2.48 bits per heavy atom. The average Bonchev–Trinajstić information content (AvgIpc) is 3.63. The van der Waals surface area contributed by atoms with Crippen molar-refractivity contribution in [2.45, 2.75) is 115 Å². The van der Waals surface area contributed by atoms with E-state index < -0.39 is 26.6 Å². The second kappa shape index (κ2) is 14.2. The number of para-hydroxylation sites is 1. The molecule has 0 aliphatic carbocycles. The van der Waals surface area contributed by atoms with Crippen molar-refractivity contribution in [1.29, 1.82) is 0 Å². The van der Waals surface area contributed by atoms with Gasteiger partial charge in [0.25, 0.3) is 0 Å². The first kappa shape index (κ1) is 33.2. The minimum atomic E-state index is -2.08. The van der Waals surface area contributed by atoms with Crippen LogP contribution in [-0.2, 0) is 23.4 Å². The van der Waals surface area contributed by atoms with Crippen molar-refractivity contribution < 1.29 is 32.8 Å². The second-order valence-electron chi connectivity index (χ2n) is 13.7. The predicted molar refractivity (Wildman–Crippen MR) is 178 cm³/mol. The molecule has 0 bridgehead atoms. The smallest absolute Gasteiger partial charge is 0.358 e. The van der Waals surface area contributed by atoms with Gasteiger partial charge in [0.2, 0.25) is 12.2 Å². The van der Waals surface area contributed by atoms with Gasteiger partial charge < -0.3 is 32.8 Å². The fourth-order valence-corrected chi connectivity index (χ4v) is 6.96. The van der Waals surface area contributed by atoms with Crippen molar-refractivity contribution in [3.05, 3.63) is 42.4 Å². The third kappa shape index (κ3) is 7.55. The van der Waals surface area contributed by atoms with Crippen molar-refractivity contribution in [3.8, 4) is 11.6 Å². The van der Waals surface area contributed by atoms with Crippen molar-refractivity contribution in [3.63, 3.8) is 0 Å². The van der Waals surface area contributed by atoms with Gasteiger partial charge in [-0.1, -0.05) is 39.0 Å². The number of nitrogens with zero attached hydrogens (tertiary/aromatic N) is 4. The van der Waals surface area contributed by atoms with Crippen LogP contribution in [0.15, 0.2) is 36.7 Å². The van der Waals surface area contributed by atoms with Gasteiger partial charge in [0, 0.05) is 31.7 Å². The number of fused-ring (bicyclic) bond motifs is 1. The average molecular weight is 671 g/mol. The maximum absolute atomic E-state index is 6.73. The zero-order valence-corrected chi connectivity index (χ0v) is 29.3. The minimum Gasteiger partial charge on any atom is -0.450 e. The molecule has 11 nitrogen and oxygen atoms in total. The number of ether oxygens (including phenoxy) is 6. The van der Waals surface area contributed by atoms with Crippen molar-refractivity contribution in [2.24, 2.45) is 0 Å². The maximum Gasteiger partial charge on any atom is 0.358 e. The zero-order chi connectivity index (χ0) is 32.3. The van der Waals surface area contributed by atoms with E-state index in [0.29, 0.717) is 54.6 Å². The topological polar surface area (TPSA) is 108 Å². The van der Waals surface area contributed by atoms with Crippen molar-refractivity contribution >= 4 is 36.8 Å². The van der Waals surface area contributed by atoms with E-state index in [2.05, 4.69) is 38.8 Å². The maximum atomic E-state index is 6.73. The van der Waals surface area contributed by atoms with Crippen LogP contribution in [0.4, 0.5) is 0 Å². The first-order valence-corrected chi connectivity index (χ1v) is 19.8. The lowest BCUT2D eigenvalue weighted by atomic mass is 10.1. The molecular weight excluding hydrogens is 625 g/mol. The molecule has 0 saturated carbocycles. The first-order chi connectivity index (χ1) is 22.1. The lowest BCUT2D eigenvalue weighted by molar-refractivity contribution is -0.107. The van der Waals surface area contributed by atoms with Gasteiger partial charge in [-0.05, 0) is 62.4 Å². The van der Waals surface area contributed by atoms with Crippen LogP contribution in [0.5, 0.6) is 11.6 Å². The van der Waals surface area contributed by atoms with Gasteiger partial charge in [-0.3, -0.25) is 0 Å². The summed E-state index contributed by atoms with van der Waals surface area (Å²) in [5, 5.41) is 5.18. The van der Waals surface area contributed by atoms with Gasteiger partial charge in [0.1, 0.15) is 41.6 Å². The normalized spacial score (nSPS) is 25.8. The molecule has 1 aromatic carbocycles. The molecule has 2 unspecified atom stereocenters. The van der Waals surface area contributed by atoms with E-state index in [4.69, 9.17) is 55.1 Å². The minimum absolute atomic E-state index is 0.0364. The molecule has 13 heteroatoms. The van der Waals surface area contributed by atoms with Gasteiger partial charge in [-0.15, -0.1) is 0 Å². The van der Waals surface area contributed by atoms with Gasteiger partial charge >= 0.3 is 5.24 Å². The predicted octanol–water partition coefficient (Wildman–Crippen LogP) is 7.03. The van der Waals surface area contributed by atoms with Crippen molar-refractivity contribution in [1.82, 2.24) is 19.7 Å². The molecule has 0 spiro atoms. The molecule has 3 aromatic rings. The summed E-state index contributed by atoms with van der Waals surface area (Å²) >= 11 is 5.54. The zero-order valence-electron chi connectivity index (χ0n) is 27.5. The Hall–Kier alpha value is -2.68. The molecule has 3 fully saturated rings. The summed E-state index contributed by atoms with van der Waals surface area (Å²) in [4.78, 5) is 9.25. The highest BCUT2D eigenvalue weighted by Crippen LogP contribution is 2.42. The number of hydrogen-bond donors (Lipinski definition) is 0. The summed E-state index contributed by atoms with van der Waals surface area (Å²) in [7, 11) is -2.08. The van der Waals surface area contributed by atoms with Crippen LogP contribution in [0, 0.1) is 0 Å². The molecule has 2 aromatic heterocycles. The van der Waals surface area contributed by atoms with Crippen LogP contribution < -0.4 is 9.47 Å². The summed E-state index contributed by atoms with van der Waals surface area (Å²) in [6, 6.07) is 9.38. The van der Waals surface area contributed by atoms with E-state index in [9.17, 15) is 0 Å². The van der Waals surface area contributed by atoms with Gasteiger partial charge in [-0.25, -0.2) is 9.67 Å². The van der Waals surface area contributed by atoms with Crippen LogP contribution in [0.2, 0.25) is 18.1 Å². The number of benzene rings is 1. The largest absolute Gasteiger partial charge is 0.450 e. The molecular formula is C33H46N4O7SSi. The summed E-state index contributed by atoms with van der Waals surface area (Å²) in [6.45, 7) is 12.8. The third-order valence-corrected chi connectivity index (χ3v) is 14.1. The van der Waals surface area contributed by atoms with Gasteiger partial charge in [0.05, 0.1) is 13.2 Å². The number of thiocarbonyl (C=S) groups is 1. The fraction of sp³-hybridized carbons (Fsp3) is 0.636. The summed E-state index contributed by atoms with van der Waals surface area (Å²) in [6.07, 6.45) is 5.85. The lowest BCUT2D eigenvalue weighted by Gasteiger charge is -2.37. The van der Waals surface area contributed by atoms with E-state index in [1.54, 1.807) is 0 Å².